The average Bonchev–Trinajstić information content (AvgIpc) is 2.67. The largest absolute Gasteiger partial charge is 0.294 e. The van der Waals surface area contributed by atoms with Crippen LogP contribution in [0.3, 0.4) is 0 Å². The number of aromatic nitrogens is 3. The number of rotatable bonds is 4. The number of Topliss-reactive ketones (excluding diaryl/α,β-unsaturated/α-hetero) is 1. The summed E-state index contributed by atoms with van der Waals surface area (Å²) in [6, 6.07) is 1.64. The predicted octanol–water partition coefficient (Wildman–Crippen LogP) is 3.45. The van der Waals surface area contributed by atoms with Crippen LogP contribution in [0.25, 0.3) is 0 Å². The first-order valence-electron chi connectivity index (χ1n) is 5.89. The van der Waals surface area contributed by atoms with Crippen LogP contribution >= 0.6 is 27.5 Å². The standard InChI is InChI=1S/C13H13BrClN3O/c1-3-18-11(13(14)8(2)17-18)6-12(19)9-4-5-16-7-10(9)15/h4-5,7H,3,6H2,1-2H3. The molecule has 2 heterocycles. The van der Waals surface area contributed by atoms with Crippen molar-refractivity contribution in [2.45, 2.75) is 26.8 Å². The highest BCUT2D eigenvalue weighted by Gasteiger charge is 2.18. The molecule has 19 heavy (non-hydrogen) atoms. The molecule has 0 aliphatic heterocycles. The van der Waals surface area contributed by atoms with Gasteiger partial charge in [-0.15, -0.1) is 0 Å². The van der Waals surface area contributed by atoms with E-state index < -0.39 is 0 Å². The van der Waals surface area contributed by atoms with Gasteiger partial charge in [0.2, 0.25) is 0 Å². The van der Waals surface area contributed by atoms with Crippen molar-refractivity contribution in [2.75, 3.05) is 0 Å². The number of hydrogen-bond acceptors (Lipinski definition) is 3. The van der Waals surface area contributed by atoms with E-state index in [1.54, 1.807) is 12.3 Å². The summed E-state index contributed by atoms with van der Waals surface area (Å²) in [5.74, 6) is -0.0392. The molecule has 0 aromatic carbocycles. The van der Waals surface area contributed by atoms with Gasteiger partial charge in [0.05, 0.1) is 27.3 Å². The number of carbonyl (C=O) groups is 1. The second-order valence-electron chi connectivity index (χ2n) is 4.12. The Morgan fingerprint density at radius 1 is 1.53 bits per heavy atom. The van der Waals surface area contributed by atoms with Gasteiger partial charge >= 0.3 is 0 Å². The van der Waals surface area contributed by atoms with Gasteiger partial charge in [0.25, 0.3) is 0 Å². The van der Waals surface area contributed by atoms with Gasteiger partial charge in [0, 0.05) is 24.5 Å². The van der Waals surface area contributed by atoms with E-state index in [1.807, 2.05) is 18.5 Å². The fourth-order valence-electron chi connectivity index (χ4n) is 1.89. The first kappa shape index (κ1) is 14.2. The van der Waals surface area contributed by atoms with Gasteiger partial charge < -0.3 is 0 Å². The molecule has 2 aromatic rings. The lowest BCUT2D eigenvalue weighted by Crippen LogP contribution is -2.10. The third-order valence-corrected chi connectivity index (χ3v) is 4.19. The summed E-state index contributed by atoms with van der Waals surface area (Å²) in [7, 11) is 0. The number of halogens is 2. The molecule has 6 heteroatoms. The molecule has 2 rings (SSSR count). The molecule has 0 aliphatic rings. The maximum Gasteiger partial charge on any atom is 0.170 e. The molecule has 0 aliphatic carbocycles. The van der Waals surface area contributed by atoms with Gasteiger partial charge in [-0.05, 0) is 35.8 Å². The minimum atomic E-state index is -0.0392. The van der Waals surface area contributed by atoms with Crippen LogP contribution in [0.4, 0.5) is 0 Å². The topological polar surface area (TPSA) is 47.8 Å². The smallest absolute Gasteiger partial charge is 0.170 e. The molecule has 100 valence electrons. The third kappa shape index (κ3) is 2.87. The molecule has 0 radical (unpaired) electrons. The van der Waals surface area contributed by atoms with Crippen molar-refractivity contribution in [2.24, 2.45) is 0 Å². The number of pyridine rings is 1. The number of nitrogens with zero attached hydrogens (tertiary/aromatic N) is 3. The molecule has 0 spiro atoms. The van der Waals surface area contributed by atoms with Gasteiger partial charge in [-0.25, -0.2) is 0 Å². The Morgan fingerprint density at radius 3 is 2.89 bits per heavy atom. The lowest BCUT2D eigenvalue weighted by atomic mass is 10.1. The van der Waals surface area contributed by atoms with Gasteiger partial charge in [-0.2, -0.15) is 5.10 Å². The zero-order valence-corrected chi connectivity index (χ0v) is 13.0. The molecule has 0 unspecified atom stereocenters. The van der Waals surface area contributed by atoms with Crippen LogP contribution in [0.15, 0.2) is 22.9 Å². The van der Waals surface area contributed by atoms with Crippen LogP contribution in [-0.2, 0) is 13.0 Å². The number of carbonyl (C=O) groups excluding carboxylic acids is 1. The van der Waals surface area contributed by atoms with Crippen LogP contribution in [-0.4, -0.2) is 20.5 Å². The highest BCUT2D eigenvalue weighted by molar-refractivity contribution is 9.10. The van der Waals surface area contributed by atoms with E-state index in [1.165, 1.54) is 6.20 Å². The Bertz CT molecular complexity index is 624. The van der Waals surface area contributed by atoms with Crippen LogP contribution in [0.2, 0.25) is 5.02 Å². The van der Waals surface area contributed by atoms with Gasteiger partial charge in [-0.3, -0.25) is 14.5 Å². The number of hydrogen-bond donors (Lipinski definition) is 0. The second-order valence-corrected chi connectivity index (χ2v) is 5.32. The molecular formula is C13H13BrClN3O. The minimum absolute atomic E-state index is 0.0392. The molecule has 0 N–H and O–H groups in total. The normalized spacial score (nSPS) is 10.7. The van der Waals surface area contributed by atoms with Crippen molar-refractivity contribution < 1.29 is 4.79 Å². The van der Waals surface area contributed by atoms with Crippen LogP contribution in [0, 0.1) is 6.92 Å². The van der Waals surface area contributed by atoms with Crippen molar-refractivity contribution in [3.8, 4) is 0 Å². The first-order chi connectivity index (χ1) is 9.04. The third-order valence-electron chi connectivity index (χ3n) is 2.85. The van der Waals surface area contributed by atoms with E-state index in [9.17, 15) is 4.79 Å². The van der Waals surface area contributed by atoms with E-state index in [0.29, 0.717) is 10.6 Å². The summed E-state index contributed by atoms with van der Waals surface area (Å²) in [5, 5.41) is 4.75. The fraction of sp³-hybridized carbons (Fsp3) is 0.308. The zero-order valence-electron chi connectivity index (χ0n) is 10.7. The molecule has 0 saturated carbocycles. The molecule has 0 bridgehead atoms. The summed E-state index contributed by atoms with van der Waals surface area (Å²) in [4.78, 5) is 16.2. The SMILES string of the molecule is CCn1nc(C)c(Br)c1CC(=O)c1ccncc1Cl. The summed E-state index contributed by atoms with van der Waals surface area (Å²) in [6.07, 6.45) is 3.31. The fourth-order valence-corrected chi connectivity index (χ4v) is 2.54. The Labute approximate surface area is 124 Å². The van der Waals surface area contributed by atoms with E-state index in [0.717, 1.165) is 22.4 Å². The first-order valence-corrected chi connectivity index (χ1v) is 7.06. The Balaban J connectivity index is 2.32. The van der Waals surface area contributed by atoms with Crippen LogP contribution < -0.4 is 0 Å². The number of ketones is 1. The number of aryl methyl sites for hydroxylation is 2. The molecule has 0 fully saturated rings. The second kappa shape index (κ2) is 5.84. The summed E-state index contributed by atoms with van der Waals surface area (Å²) in [6.45, 7) is 4.62. The highest BCUT2D eigenvalue weighted by Crippen LogP contribution is 2.24. The minimum Gasteiger partial charge on any atom is -0.294 e. The maximum atomic E-state index is 12.3. The average molecular weight is 343 g/mol. The molecular weight excluding hydrogens is 330 g/mol. The van der Waals surface area contributed by atoms with Gasteiger partial charge in [0.15, 0.2) is 5.78 Å². The maximum absolute atomic E-state index is 12.3. The molecule has 2 aromatic heterocycles. The van der Waals surface area contributed by atoms with Crippen LogP contribution in [0.5, 0.6) is 0 Å². The highest BCUT2D eigenvalue weighted by atomic mass is 79.9. The summed E-state index contributed by atoms with van der Waals surface area (Å²) in [5.41, 5.74) is 2.24. The van der Waals surface area contributed by atoms with E-state index in [2.05, 4.69) is 26.0 Å². The van der Waals surface area contributed by atoms with Crippen molar-refractivity contribution in [3.05, 3.63) is 44.9 Å². The quantitative estimate of drug-likeness (QED) is 0.800. The van der Waals surface area contributed by atoms with Crippen molar-refractivity contribution in [1.29, 1.82) is 0 Å². The van der Waals surface area contributed by atoms with E-state index in [4.69, 9.17) is 11.6 Å². The lowest BCUT2D eigenvalue weighted by Gasteiger charge is -2.06. The molecule has 0 saturated heterocycles. The lowest BCUT2D eigenvalue weighted by molar-refractivity contribution is 0.0990. The summed E-state index contributed by atoms with van der Waals surface area (Å²) >= 11 is 9.47. The Morgan fingerprint density at radius 2 is 2.26 bits per heavy atom. The summed E-state index contributed by atoms with van der Waals surface area (Å²) < 4.78 is 2.71. The van der Waals surface area contributed by atoms with Crippen molar-refractivity contribution in [3.63, 3.8) is 0 Å². The predicted molar refractivity (Wildman–Crippen MR) is 77.6 cm³/mol. The molecule has 4 nitrogen and oxygen atoms in total. The zero-order chi connectivity index (χ0) is 14.0. The molecule has 0 amide bonds. The Hall–Kier alpha value is -1.20. The molecule has 0 atom stereocenters. The van der Waals surface area contributed by atoms with Gasteiger partial charge in [-0.1, -0.05) is 11.6 Å². The van der Waals surface area contributed by atoms with E-state index >= 15 is 0 Å². The Kier molecular flexibility index (Phi) is 4.37. The van der Waals surface area contributed by atoms with Crippen LogP contribution in [0.1, 0.15) is 28.7 Å². The van der Waals surface area contributed by atoms with Crippen molar-refractivity contribution in [1.82, 2.24) is 14.8 Å². The van der Waals surface area contributed by atoms with E-state index in [-0.39, 0.29) is 12.2 Å². The van der Waals surface area contributed by atoms with Crippen molar-refractivity contribution >= 4 is 33.3 Å². The van der Waals surface area contributed by atoms with Gasteiger partial charge in [0.1, 0.15) is 0 Å². The monoisotopic (exact) mass is 341 g/mol.